The van der Waals surface area contributed by atoms with Crippen LogP contribution in [-0.4, -0.2) is 63.8 Å². The van der Waals surface area contributed by atoms with E-state index in [-0.39, 0.29) is 5.82 Å². The molecule has 1 unspecified atom stereocenters. The molecule has 1 saturated heterocycles. The smallest absolute Gasteiger partial charge is 0.282 e. The maximum atomic E-state index is 11.0. The van der Waals surface area contributed by atoms with Gasteiger partial charge < -0.3 is 20.1 Å². The zero-order valence-corrected chi connectivity index (χ0v) is 9.78. The van der Waals surface area contributed by atoms with Gasteiger partial charge in [0.1, 0.15) is 24.4 Å². The zero-order valence-electron chi connectivity index (χ0n) is 8.96. The van der Waals surface area contributed by atoms with Crippen molar-refractivity contribution in [1.29, 1.82) is 0 Å². The van der Waals surface area contributed by atoms with E-state index < -0.39 is 46.2 Å². The zero-order chi connectivity index (χ0) is 13.5. The summed E-state index contributed by atoms with van der Waals surface area (Å²) >= 11 is 0. The van der Waals surface area contributed by atoms with Crippen molar-refractivity contribution in [1.82, 2.24) is 15.2 Å². The molecule has 1 aliphatic rings. The number of hydrogen-bond donors (Lipinski definition) is 5. The molecule has 11 heteroatoms. The molecule has 1 aliphatic heterocycles. The molecule has 1 fully saturated rings. The van der Waals surface area contributed by atoms with E-state index >= 15 is 0 Å². The summed E-state index contributed by atoms with van der Waals surface area (Å²) in [6.07, 6.45) is -4.75. The van der Waals surface area contributed by atoms with Gasteiger partial charge in [-0.05, 0) is 0 Å². The number of H-pyrrole nitrogens is 1. The van der Waals surface area contributed by atoms with Crippen LogP contribution in [0.4, 0.5) is 0 Å². The Morgan fingerprint density at radius 3 is 2.50 bits per heavy atom. The Balaban J connectivity index is 2.25. The molecule has 0 bridgehead atoms. The average molecular weight is 280 g/mol. The summed E-state index contributed by atoms with van der Waals surface area (Å²) in [5.74, 6) is -0.0958. The van der Waals surface area contributed by atoms with Crippen molar-refractivity contribution in [2.45, 2.75) is 29.6 Å². The second-order valence-corrected chi connectivity index (χ2v) is 5.26. The lowest BCUT2D eigenvalue weighted by molar-refractivity contribution is -0.0252. The van der Waals surface area contributed by atoms with Crippen LogP contribution in [0.2, 0.25) is 0 Å². The highest BCUT2D eigenvalue weighted by Crippen LogP contribution is 2.31. The van der Waals surface area contributed by atoms with Crippen LogP contribution in [0, 0.1) is 0 Å². The minimum atomic E-state index is -4.06. The van der Waals surface area contributed by atoms with Gasteiger partial charge in [-0.15, -0.1) is 5.10 Å². The number of rotatable bonds is 3. The van der Waals surface area contributed by atoms with Crippen LogP contribution in [0.5, 0.6) is 0 Å². The number of hydrogen-bond acceptors (Lipinski definition) is 8. The van der Waals surface area contributed by atoms with Gasteiger partial charge in [-0.2, -0.15) is 4.98 Å². The van der Waals surface area contributed by atoms with Crippen molar-refractivity contribution in [3.63, 3.8) is 0 Å². The molecule has 0 amide bonds. The summed E-state index contributed by atoms with van der Waals surface area (Å²) in [7, 11) is -4.06. The van der Waals surface area contributed by atoms with Gasteiger partial charge in [0.05, 0.1) is 6.61 Å². The number of aromatic nitrogens is 3. The molecular weight excluding hydrogens is 268 g/mol. The molecule has 2 heterocycles. The Hall–Kier alpha value is -1.11. The van der Waals surface area contributed by atoms with Crippen molar-refractivity contribution >= 4 is 10.0 Å². The van der Waals surface area contributed by atoms with E-state index in [1.807, 2.05) is 0 Å². The van der Waals surface area contributed by atoms with Crippen molar-refractivity contribution in [3.8, 4) is 0 Å². The van der Waals surface area contributed by atoms with Gasteiger partial charge in [0.2, 0.25) is 0 Å². The van der Waals surface area contributed by atoms with E-state index in [0.717, 1.165) is 0 Å². The summed E-state index contributed by atoms with van der Waals surface area (Å²) in [6.45, 7) is -0.495. The van der Waals surface area contributed by atoms with Gasteiger partial charge in [-0.1, -0.05) is 0 Å². The van der Waals surface area contributed by atoms with Gasteiger partial charge in [0.15, 0.2) is 5.82 Å². The molecule has 18 heavy (non-hydrogen) atoms. The molecule has 0 saturated carbocycles. The number of ether oxygens (including phenoxy) is 1. The normalized spacial score (nSPS) is 32.9. The Morgan fingerprint density at radius 2 is 2.06 bits per heavy atom. The summed E-state index contributed by atoms with van der Waals surface area (Å²) in [5, 5.41) is 37.9. The number of primary sulfonamides is 1. The largest absolute Gasteiger partial charge is 0.394 e. The lowest BCUT2D eigenvalue weighted by Crippen LogP contribution is -2.32. The molecule has 0 aromatic carbocycles. The maximum Gasteiger partial charge on any atom is 0.282 e. The standard InChI is InChI=1S/C7H12N4O6S/c8-18(15,16)7-9-6(10-11-7)5-4(14)3(13)2(1-12)17-5/h2-5,12-14H,1H2,(H2,8,15,16)(H,9,10,11)/t2-,3-,4-,5?/m1/s1. The van der Waals surface area contributed by atoms with Crippen LogP contribution in [0.3, 0.4) is 0 Å². The lowest BCUT2D eigenvalue weighted by Gasteiger charge is -2.10. The highest BCUT2D eigenvalue weighted by atomic mass is 32.2. The lowest BCUT2D eigenvalue weighted by atomic mass is 10.1. The molecule has 2 rings (SSSR count). The predicted octanol–water partition coefficient (Wildman–Crippen LogP) is -3.39. The van der Waals surface area contributed by atoms with Crippen LogP contribution in [0.1, 0.15) is 11.9 Å². The molecular formula is C7H12N4O6S. The predicted molar refractivity (Wildman–Crippen MR) is 54.5 cm³/mol. The second-order valence-electron chi connectivity index (χ2n) is 3.81. The minimum absolute atomic E-state index is 0.0958. The van der Waals surface area contributed by atoms with Crippen LogP contribution in [-0.2, 0) is 14.8 Å². The van der Waals surface area contributed by atoms with Crippen molar-refractivity contribution in [2.75, 3.05) is 6.61 Å². The SMILES string of the molecule is NS(=O)(=O)c1n[nH]c(C2O[C@H](CO)[C@@H](O)[C@H]2O)n1. The maximum absolute atomic E-state index is 11.0. The molecule has 0 radical (unpaired) electrons. The number of aliphatic hydroxyl groups is 3. The first-order valence-electron chi connectivity index (χ1n) is 4.92. The Morgan fingerprint density at radius 1 is 1.39 bits per heavy atom. The number of aliphatic hydroxyl groups excluding tert-OH is 3. The average Bonchev–Trinajstić information content (AvgIpc) is 2.86. The van der Waals surface area contributed by atoms with E-state index in [2.05, 4.69) is 15.2 Å². The molecule has 0 aliphatic carbocycles. The van der Waals surface area contributed by atoms with Crippen LogP contribution in [0.25, 0.3) is 0 Å². The highest BCUT2D eigenvalue weighted by molar-refractivity contribution is 7.89. The first-order valence-corrected chi connectivity index (χ1v) is 6.46. The second kappa shape index (κ2) is 4.53. The molecule has 6 N–H and O–H groups in total. The number of sulfonamides is 1. The molecule has 10 nitrogen and oxygen atoms in total. The summed E-state index contributed by atoms with van der Waals surface area (Å²) < 4.78 is 27.1. The van der Waals surface area contributed by atoms with Gasteiger partial charge in [0, 0.05) is 0 Å². The van der Waals surface area contributed by atoms with E-state index in [0.29, 0.717) is 0 Å². The quantitative estimate of drug-likeness (QED) is 0.381. The number of nitrogens with two attached hydrogens (primary N) is 1. The van der Waals surface area contributed by atoms with E-state index in [9.17, 15) is 18.6 Å². The van der Waals surface area contributed by atoms with E-state index in [1.54, 1.807) is 0 Å². The summed E-state index contributed by atoms with van der Waals surface area (Å²) in [5.41, 5.74) is 0. The Labute approximate surface area is 101 Å². The van der Waals surface area contributed by atoms with Gasteiger partial charge >= 0.3 is 0 Å². The molecule has 1 aromatic heterocycles. The van der Waals surface area contributed by atoms with Gasteiger partial charge in [-0.25, -0.2) is 13.6 Å². The minimum Gasteiger partial charge on any atom is -0.394 e. The Bertz CT molecular complexity index is 530. The number of nitrogens with one attached hydrogen (secondary N) is 1. The fourth-order valence-corrected chi connectivity index (χ4v) is 2.04. The fraction of sp³-hybridized carbons (Fsp3) is 0.714. The third-order valence-electron chi connectivity index (χ3n) is 2.55. The van der Waals surface area contributed by atoms with Crippen molar-refractivity contribution in [3.05, 3.63) is 5.82 Å². The van der Waals surface area contributed by atoms with Gasteiger partial charge in [0.25, 0.3) is 15.2 Å². The third-order valence-corrected chi connectivity index (χ3v) is 3.24. The Kier molecular flexibility index (Phi) is 3.35. The van der Waals surface area contributed by atoms with Crippen LogP contribution in [0.15, 0.2) is 5.16 Å². The van der Waals surface area contributed by atoms with Crippen molar-refractivity contribution in [2.24, 2.45) is 5.14 Å². The highest BCUT2D eigenvalue weighted by Gasteiger charge is 2.44. The summed E-state index contributed by atoms with van der Waals surface area (Å²) in [6, 6.07) is 0. The number of nitrogens with zero attached hydrogens (tertiary/aromatic N) is 2. The fourth-order valence-electron chi connectivity index (χ4n) is 1.64. The van der Waals surface area contributed by atoms with E-state index in [1.165, 1.54) is 0 Å². The topological polar surface area (TPSA) is 172 Å². The van der Waals surface area contributed by atoms with Crippen LogP contribution < -0.4 is 5.14 Å². The van der Waals surface area contributed by atoms with E-state index in [4.69, 9.17) is 15.0 Å². The van der Waals surface area contributed by atoms with Crippen LogP contribution >= 0.6 is 0 Å². The third kappa shape index (κ3) is 2.23. The molecule has 0 spiro atoms. The number of aromatic amines is 1. The molecule has 4 atom stereocenters. The first-order chi connectivity index (χ1) is 8.34. The summed E-state index contributed by atoms with van der Waals surface area (Å²) in [4.78, 5) is 3.56. The first kappa shape index (κ1) is 13.3. The molecule has 1 aromatic rings. The van der Waals surface area contributed by atoms with Gasteiger partial charge in [-0.3, -0.25) is 5.10 Å². The van der Waals surface area contributed by atoms with Crippen molar-refractivity contribution < 1.29 is 28.5 Å². The monoisotopic (exact) mass is 280 g/mol. The molecule has 102 valence electrons.